The third-order valence-electron chi connectivity index (χ3n) is 3.81. The van der Waals surface area contributed by atoms with Gasteiger partial charge in [0.05, 0.1) is 6.42 Å². The van der Waals surface area contributed by atoms with Crippen molar-refractivity contribution in [1.29, 1.82) is 0 Å². The van der Waals surface area contributed by atoms with Crippen molar-refractivity contribution in [3.8, 4) is 0 Å². The minimum atomic E-state index is -0.249. The molecule has 5 nitrogen and oxygen atoms in total. The van der Waals surface area contributed by atoms with Gasteiger partial charge in [0.15, 0.2) is 5.11 Å². The number of halogens is 1. The molecule has 0 aliphatic heterocycles. The smallest absolute Gasteiger partial charge is 0.242 e. The standard InChI is InChI=1S/C16H20ClN3O2S/c17-13-8-6-11(7-9-13)10-14(21)19-20-16(23)18-15(22)12-4-2-1-3-5-12/h6-9,12H,1-5,10H2,(H,19,21)(H2,18,20,22,23). The van der Waals surface area contributed by atoms with E-state index in [9.17, 15) is 9.59 Å². The summed E-state index contributed by atoms with van der Waals surface area (Å²) in [6, 6.07) is 7.02. The van der Waals surface area contributed by atoms with Crippen LogP contribution in [0, 0.1) is 5.92 Å². The van der Waals surface area contributed by atoms with Gasteiger partial charge in [-0.1, -0.05) is 43.0 Å². The molecule has 0 aromatic heterocycles. The van der Waals surface area contributed by atoms with E-state index in [1.165, 1.54) is 6.42 Å². The Morgan fingerprint density at radius 3 is 2.39 bits per heavy atom. The van der Waals surface area contributed by atoms with Crippen LogP contribution in [0.2, 0.25) is 5.02 Å². The Morgan fingerprint density at radius 2 is 1.74 bits per heavy atom. The fourth-order valence-corrected chi connectivity index (χ4v) is 2.85. The van der Waals surface area contributed by atoms with Gasteiger partial charge in [0.1, 0.15) is 0 Å². The molecule has 3 N–H and O–H groups in total. The molecule has 2 rings (SSSR count). The average molecular weight is 354 g/mol. The van der Waals surface area contributed by atoms with Crippen molar-refractivity contribution >= 4 is 40.7 Å². The van der Waals surface area contributed by atoms with Gasteiger partial charge in [0.25, 0.3) is 0 Å². The highest BCUT2D eigenvalue weighted by molar-refractivity contribution is 7.80. The predicted molar refractivity (Wildman–Crippen MR) is 93.8 cm³/mol. The fourth-order valence-electron chi connectivity index (χ4n) is 2.57. The van der Waals surface area contributed by atoms with E-state index in [1.807, 2.05) is 0 Å². The minimum absolute atomic E-state index is 0.0215. The summed E-state index contributed by atoms with van der Waals surface area (Å²) < 4.78 is 0. The van der Waals surface area contributed by atoms with Crippen LogP contribution in [-0.2, 0) is 16.0 Å². The Kier molecular flexibility index (Phi) is 6.80. The number of hydrogen-bond acceptors (Lipinski definition) is 3. The molecule has 1 aliphatic carbocycles. The van der Waals surface area contributed by atoms with E-state index in [0.29, 0.717) is 5.02 Å². The Morgan fingerprint density at radius 1 is 1.09 bits per heavy atom. The highest BCUT2D eigenvalue weighted by Gasteiger charge is 2.21. The van der Waals surface area contributed by atoms with Crippen LogP contribution < -0.4 is 16.2 Å². The first kappa shape index (κ1) is 17.7. The molecule has 0 radical (unpaired) electrons. The number of thiocarbonyl (C=S) groups is 1. The van der Waals surface area contributed by atoms with E-state index < -0.39 is 0 Å². The SMILES string of the molecule is O=C(Cc1ccc(Cl)cc1)NNC(=S)NC(=O)C1CCCCC1. The summed E-state index contributed by atoms with van der Waals surface area (Å²) in [5.41, 5.74) is 5.87. The maximum absolute atomic E-state index is 12.0. The molecular weight excluding hydrogens is 334 g/mol. The molecule has 0 unspecified atom stereocenters. The number of carbonyl (C=O) groups is 2. The van der Waals surface area contributed by atoms with Gasteiger partial charge in [0, 0.05) is 10.9 Å². The van der Waals surface area contributed by atoms with Gasteiger partial charge in [-0.25, -0.2) is 0 Å². The van der Waals surface area contributed by atoms with Crippen LogP contribution in [0.4, 0.5) is 0 Å². The molecule has 0 bridgehead atoms. The van der Waals surface area contributed by atoms with E-state index in [-0.39, 0.29) is 29.3 Å². The first-order chi connectivity index (χ1) is 11.0. The van der Waals surface area contributed by atoms with Gasteiger partial charge in [-0.05, 0) is 42.8 Å². The quantitative estimate of drug-likeness (QED) is 0.576. The van der Waals surface area contributed by atoms with Gasteiger partial charge >= 0.3 is 0 Å². The Balaban J connectivity index is 1.69. The molecule has 0 heterocycles. The number of carbonyl (C=O) groups excluding carboxylic acids is 2. The minimum Gasteiger partial charge on any atom is -0.302 e. The molecule has 0 atom stereocenters. The molecule has 0 spiro atoms. The van der Waals surface area contributed by atoms with Crippen molar-refractivity contribution in [3.63, 3.8) is 0 Å². The summed E-state index contributed by atoms with van der Waals surface area (Å²) in [4.78, 5) is 23.8. The van der Waals surface area contributed by atoms with Crippen LogP contribution in [0.1, 0.15) is 37.7 Å². The van der Waals surface area contributed by atoms with Crippen molar-refractivity contribution in [1.82, 2.24) is 16.2 Å². The maximum atomic E-state index is 12.0. The number of benzene rings is 1. The van der Waals surface area contributed by atoms with Crippen LogP contribution in [-0.4, -0.2) is 16.9 Å². The third-order valence-corrected chi connectivity index (χ3v) is 4.26. The summed E-state index contributed by atoms with van der Waals surface area (Å²) in [7, 11) is 0. The van der Waals surface area contributed by atoms with E-state index in [1.54, 1.807) is 24.3 Å². The van der Waals surface area contributed by atoms with Crippen molar-refractivity contribution in [2.45, 2.75) is 38.5 Å². The van der Waals surface area contributed by atoms with Crippen LogP contribution in [0.5, 0.6) is 0 Å². The number of nitrogens with one attached hydrogen (secondary N) is 3. The first-order valence-corrected chi connectivity index (χ1v) is 8.47. The Labute approximate surface area is 146 Å². The highest BCUT2D eigenvalue weighted by atomic mass is 35.5. The lowest BCUT2D eigenvalue weighted by molar-refractivity contribution is -0.125. The van der Waals surface area contributed by atoms with Crippen LogP contribution in [0.15, 0.2) is 24.3 Å². The molecule has 23 heavy (non-hydrogen) atoms. The van der Waals surface area contributed by atoms with Crippen molar-refractivity contribution in [2.75, 3.05) is 0 Å². The number of hydrogen-bond donors (Lipinski definition) is 3. The zero-order valence-corrected chi connectivity index (χ0v) is 14.3. The maximum Gasteiger partial charge on any atom is 0.242 e. The van der Waals surface area contributed by atoms with E-state index in [4.69, 9.17) is 23.8 Å². The lowest BCUT2D eigenvalue weighted by Gasteiger charge is -2.21. The number of hydrazine groups is 1. The van der Waals surface area contributed by atoms with Crippen molar-refractivity contribution in [3.05, 3.63) is 34.9 Å². The largest absolute Gasteiger partial charge is 0.302 e. The Bertz CT molecular complexity index is 571. The van der Waals surface area contributed by atoms with Gasteiger partial charge in [0.2, 0.25) is 11.8 Å². The highest BCUT2D eigenvalue weighted by Crippen LogP contribution is 2.23. The van der Waals surface area contributed by atoms with Crippen molar-refractivity contribution < 1.29 is 9.59 Å². The first-order valence-electron chi connectivity index (χ1n) is 7.69. The molecule has 0 saturated heterocycles. The molecular formula is C16H20ClN3O2S. The summed E-state index contributed by atoms with van der Waals surface area (Å²) >= 11 is 10.8. The third kappa shape index (κ3) is 6.15. The monoisotopic (exact) mass is 353 g/mol. The van der Waals surface area contributed by atoms with Gasteiger partial charge in [-0.3, -0.25) is 20.4 Å². The lowest BCUT2D eigenvalue weighted by atomic mass is 9.89. The second-order valence-corrected chi connectivity index (χ2v) is 6.47. The zero-order chi connectivity index (χ0) is 16.7. The summed E-state index contributed by atoms with van der Waals surface area (Å²) in [5.74, 6) is -0.302. The van der Waals surface area contributed by atoms with Crippen molar-refractivity contribution in [2.24, 2.45) is 5.92 Å². The van der Waals surface area contributed by atoms with Gasteiger partial charge in [-0.15, -0.1) is 0 Å². The predicted octanol–water partition coefficient (Wildman–Crippen LogP) is 2.48. The molecule has 2 amide bonds. The van der Waals surface area contributed by atoms with Gasteiger partial charge < -0.3 is 5.32 Å². The van der Waals surface area contributed by atoms with Crippen LogP contribution in [0.25, 0.3) is 0 Å². The fraction of sp³-hybridized carbons (Fsp3) is 0.438. The number of rotatable bonds is 3. The van der Waals surface area contributed by atoms with E-state index in [0.717, 1.165) is 31.2 Å². The average Bonchev–Trinajstić information content (AvgIpc) is 2.56. The van der Waals surface area contributed by atoms with Crippen LogP contribution >= 0.6 is 23.8 Å². The van der Waals surface area contributed by atoms with Gasteiger partial charge in [-0.2, -0.15) is 0 Å². The number of amides is 2. The van der Waals surface area contributed by atoms with Crippen LogP contribution in [0.3, 0.4) is 0 Å². The second-order valence-electron chi connectivity index (χ2n) is 5.63. The van der Waals surface area contributed by atoms with E-state index in [2.05, 4.69) is 16.2 Å². The molecule has 7 heteroatoms. The normalized spacial score (nSPS) is 14.8. The Hall–Kier alpha value is -1.66. The second kappa shape index (κ2) is 8.84. The molecule has 1 aromatic rings. The zero-order valence-electron chi connectivity index (χ0n) is 12.7. The topological polar surface area (TPSA) is 70.2 Å². The molecule has 1 aromatic carbocycles. The molecule has 1 fully saturated rings. The van der Waals surface area contributed by atoms with E-state index >= 15 is 0 Å². The lowest BCUT2D eigenvalue weighted by Crippen LogP contribution is -2.50. The summed E-state index contributed by atoms with van der Waals surface area (Å²) in [5, 5.41) is 3.37. The molecule has 124 valence electrons. The summed E-state index contributed by atoms with van der Waals surface area (Å²) in [6.07, 6.45) is 5.34. The molecule has 1 aliphatic rings. The molecule has 1 saturated carbocycles. The summed E-state index contributed by atoms with van der Waals surface area (Å²) in [6.45, 7) is 0.